The van der Waals surface area contributed by atoms with Crippen LogP contribution in [-0.2, 0) is 0 Å². The fourth-order valence-electron chi connectivity index (χ4n) is 2.25. The van der Waals surface area contributed by atoms with E-state index < -0.39 is 0 Å². The van der Waals surface area contributed by atoms with Gasteiger partial charge in [-0.25, -0.2) is 0 Å². The van der Waals surface area contributed by atoms with Crippen molar-refractivity contribution >= 4 is 11.3 Å². The first-order valence-corrected chi connectivity index (χ1v) is 7.32. The van der Waals surface area contributed by atoms with Gasteiger partial charge in [0.1, 0.15) is 5.75 Å². The topological polar surface area (TPSA) is 34.2 Å². The Bertz CT molecular complexity index is 537. The van der Waals surface area contributed by atoms with Crippen molar-refractivity contribution in [1.29, 1.82) is 0 Å². The van der Waals surface area contributed by atoms with E-state index in [1.165, 1.54) is 21.6 Å². The highest BCUT2D eigenvalue weighted by molar-refractivity contribution is 7.09. The van der Waals surface area contributed by atoms with Crippen molar-refractivity contribution in [3.8, 4) is 5.75 Å². The molecule has 1 N–H and O–H groups in total. The SMILES string of the molecule is CCNC(c1cncs1)c1ccc(C)c(C)c1OC. The fraction of sp³-hybridized carbons (Fsp3) is 0.400. The van der Waals surface area contributed by atoms with Crippen LogP contribution in [0.15, 0.2) is 23.8 Å². The van der Waals surface area contributed by atoms with Crippen molar-refractivity contribution in [3.05, 3.63) is 45.4 Å². The fourth-order valence-corrected chi connectivity index (χ4v) is 2.96. The maximum absolute atomic E-state index is 5.63. The van der Waals surface area contributed by atoms with Crippen LogP contribution in [0.2, 0.25) is 0 Å². The first-order chi connectivity index (χ1) is 9.19. The van der Waals surface area contributed by atoms with Crippen LogP contribution in [0, 0.1) is 13.8 Å². The van der Waals surface area contributed by atoms with Crippen LogP contribution in [-0.4, -0.2) is 18.6 Å². The molecule has 4 heteroatoms. The van der Waals surface area contributed by atoms with E-state index in [0.29, 0.717) is 0 Å². The van der Waals surface area contributed by atoms with Gasteiger partial charge in [0.25, 0.3) is 0 Å². The number of aromatic nitrogens is 1. The molecule has 0 spiro atoms. The highest BCUT2D eigenvalue weighted by Gasteiger charge is 2.20. The van der Waals surface area contributed by atoms with Gasteiger partial charge in [0.15, 0.2) is 0 Å². The lowest BCUT2D eigenvalue weighted by molar-refractivity contribution is 0.401. The Hall–Kier alpha value is -1.39. The van der Waals surface area contributed by atoms with Crippen molar-refractivity contribution < 1.29 is 4.74 Å². The van der Waals surface area contributed by atoms with Crippen LogP contribution >= 0.6 is 11.3 Å². The molecule has 0 aliphatic carbocycles. The molecule has 1 aromatic carbocycles. The molecule has 0 radical (unpaired) electrons. The smallest absolute Gasteiger partial charge is 0.127 e. The third-order valence-electron chi connectivity index (χ3n) is 3.37. The maximum Gasteiger partial charge on any atom is 0.127 e. The van der Waals surface area contributed by atoms with E-state index in [4.69, 9.17) is 4.74 Å². The third kappa shape index (κ3) is 2.80. The zero-order chi connectivity index (χ0) is 13.8. The van der Waals surface area contributed by atoms with Crippen LogP contribution in [0.25, 0.3) is 0 Å². The Morgan fingerprint density at radius 1 is 1.37 bits per heavy atom. The van der Waals surface area contributed by atoms with Gasteiger partial charge >= 0.3 is 0 Å². The molecule has 0 bridgehead atoms. The van der Waals surface area contributed by atoms with E-state index in [0.717, 1.165) is 12.3 Å². The molecule has 1 atom stereocenters. The predicted octanol–water partition coefficient (Wildman–Crippen LogP) is 3.47. The van der Waals surface area contributed by atoms with Gasteiger partial charge in [-0.1, -0.05) is 19.1 Å². The standard InChI is InChI=1S/C15H20N2OS/c1-5-17-14(13-8-16-9-19-13)12-7-6-10(2)11(3)15(12)18-4/h6-9,14,17H,5H2,1-4H3. The Morgan fingerprint density at radius 3 is 2.74 bits per heavy atom. The predicted molar refractivity (Wildman–Crippen MR) is 80.1 cm³/mol. The number of nitrogens with one attached hydrogen (secondary N) is 1. The number of ether oxygens (including phenoxy) is 1. The van der Waals surface area contributed by atoms with Gasteiger partial charge in [-0.2, -0.15) is 0 Å². The summed E-state index contributed by atoms with van der Waals surface area (Å²) in [4.78, 5) is 5.40. The van der Waals surface area contributed by atoms with Crippen LogP contribution < -0.4 is 10.1 Å². The van der Waals surface area contributed by atoms with Crippen molar-refractivity contribution in [2.75, 3.05) is 13.7 Å². The number of methoxy groups -OCH3 is 1. The summed E-state index contributed by atoms with van der Waals surface area (Å²) in [6.07, 6.45) is 1.92. The zero-order valence-electron chi connectivity index (χ0n) is 11.9. The minimum Gasteiger partial charge on any atom is -0.496 e. The van der Waals surface area contributed by atoms with Gasteiger partial charge < -0.3 is 10.1 Å². The molecule has 0 aliphatic heterocycles. The van der Waals surface area contributed by atoms with Crippen molar-refractivity contribution in [2.45, 2.75) is 26.8 Å². The van der Waals surface area contributed by atoms with Crippen LogP contribution in [0.1, 0.15) is 34.5 Å². The maximum atomic E-state index is 5.63. The lowest BCUT2D eigenvalue weighted by Gasteiger charge is -2.21. The lowest BCUT2D eigenvalue weighted by Crippen LogP contribution is -2.22. The first kappa shape index (κ1) is 14.0. The monoisotopic (exact) mass is 276 g/mol. The molecular formula is C15H20N2OS. The zero-order valence-corrected chi connectivity index (χ0v) is 12.7. The summed E-state index contributed by atoms with van der Waals surface area (Å²) in [6.45, 7) is 7.23. The van der Waals surface area contributed by atoms with Crippen LogP contribution in [0.5, 0.6) is 5.75 Å². The molecule has 19 heavy (non-hydrogen) atoms. The van der Waals surface area contributed by atoms with Gasteiger partial charge in [0.05, 0.1) is 18.7 Å². The summed E-state index contributed by atoms with van der Waals surface area (Å²) in [5, 5.41) is 3.51. The van der Waals surface area contributed by atoms with E-state index in [2.05, 4.69) is 43.2 Å². The average Bonchev–Trinajstić information content (AvgIpc) is 2.93. The average molecular weight is 276 g/mol. The van der Waals surface area contributed by atoms with Crippen molar-refractivity contribution in [2.24, 2.45) is 0 Å². The normalized spacial score (nSPS) is 12.4. The summed E-state index contributed by atoms with van der Waals surface area (Å²) in [5.41, 5.74) is 5.50. The summed E-state index contributed by atoms with van der Waals surface area (Å²) < 4.78 is 5.63. The summed E-state index contributed by atoms with van der Waals surface area (Å²) in [5.74, 6) is 0.972. The number of thiazole rings is 1. The first-order valence-electron chi connectivity index (χ1n) is 6.44. The van der Waals surface area contributed by atoms with Gasteiger partial charge in [-0.05, 0) is 31.5 Å². The largest absolute Gasteiger partial charge is 0.496 e. The summed E-state index contributed by atoms with van der Waals surface area (Å²) in [6, 6.07) is 4.44. The molecule has 2 aromatic rings. The minimum absolute atomic E-state index is 0.145. The molecular weight excluding hydrogens is 256 g/mol. The quantitative estimate of drug-likeness (QED) is 0.908. The van der Waals surface area contributed by atoms with E-state index in [-0.39, 0.29) is 6.04 Å². The Morgan fingerprint density at radius 2 is 2.16 bits per heavy atom. The third-order valence-corrected chi connectivity index (χ3v) is 4.21. The number of aryl methyl sites for hydroxylation is 1. The molecule has 0 amide bonds. The molecule has 0 saturated heterocycles. The second-order valence-electron chi connectivity index (χ2n) is 4.52. The number of hydrogen-bond acceptors (Lipinski definition) is 4. The summed E-state index contributed by atoms with van der Waals surface area (Å²) >= 11 is 1.67. The molecule has 3 nitrogen and oxygen atoms in total. The molecule has 0 saturated carbocycles. The molecule has 0 fully saturated rings. The molecule has 1 unspecified atom stereocenters. The molecule has 102 valence electrons. The lowest BCUT2D eigenvalue weighted by atomic mass is 9.98. The summed E-state index contributed by atoms with van der Waals surface area (Å²) in [7, 11) is 1.74. The highest BCUT2D eigenvalue weighted by Crippen LogP contribution is 2.35. The van der Waals surface area contributed by atoms with Crippen molar-refractivity contribution in [3.63, 3.8) is 0 Å². The van der Waals surface area contributed by atoms with Gasteiger partial charge in [0.2, 0.25) is 0 Å². The van der Waals surface area contributed by atoms with E-state index in [1.54, 1.807) is 18.4 Å². The molecule has 1 heterocycles. The van der Waals surface area contributed by atoms with Crippen LogP contribution in [0.3, 0.4) is 0 Å². The second kappa shape index (κ2) is 6.17. The number of hydrogen-bond donors (Lipinski definition) is 1. The second-order valence-corrected chi connectivity index (χ2v) is 5.44. The number of rotatable bonds is 5. The highest BCUT2D eigenvalue weighted by atomic mass is 32.1. The van der Waals surface area contributed by atoms with E-state index in [1.807, 2.05) is 11.7 Å². The van der Waals surface area contributed by atoms with Gasteiger partial charge in [0, 0.05) is 16.6 Å². The van der Waals surface area contributed by atoms with E-state index >= 15 is 0 Å². The van der Waals surface area contributed by atoms with Gasteiger partial charge in [-0.15, -0.1) is 11.3 Å². The molecule has 0 aliphatic rings. The van der Waals surface area contributed by atoms with Crippen molar-refractivity contribution in [1.82, 2.24) is 10.3 Å². The van der Waals surface area contributed by atoms with E-state index in [9.17, 15) is 0 Å². The van der Waals surface area contributed by atoms with Crippen LogP contribution in [0.4, 0.5) is 0 Å². The number of benzene rings is 1. The minimum atomic E-state index is 0.145. The van der Waals surface area contributed by atoms with Gasteiger partial charge in [-0.3, -0.25) is 4.98 Å². The molecule has 2 rings (SSSR count). The Balaban J connectivity index is 2.51. The number of nitrogens with zero attached hydrogens (tertiary/aromatic N) is 1. The Labute approximate surface area is 118 Å². The molecule has 1 aromatic heterocycles. The Kier molecular flexibility index (Phi) is 4.56.